The maximum absolute atomic E-state index is 12.8. The van der Waals surface area contributed by atoms with Crippen molar-refractivity contribution >= 4 is 0 Å². The quantitative estimate of drug-likeness (QED) is 0.815. The van der Waals surface area contributed by atoms with Crippen molar-refractivity contribution in [2.75, 3.05) is 6.54 Å². The molecule has 5 heteroatoms. The monoisotopic (exact) mass is 323 g/mol. The molecule has 0 aliphatic heterocycles. The van der Waals surface area contributed by atoms with Crippen molar-refractivity contribution in [2.24, 2.45) is 0 Å². The summed E-state index contributed by atoms with van der Waals surface area (Å²) in [5.41, 5.74) is 0.166. The number of benzene rings is 2. The number of hydrogen-bond acceptors (Lipinski definition) is 2. The van der Waals surface area contributed by atoms with Crippen LogP contribution in [0.2, 0.25) is 0 Å². The normalized spacial score (nSPS) is 14.5. The van der Waals surface area contributed by atoms with Crippen LogP contribution in [-0.4, -0.2) is 11.7 Å². The number of alkyl halides is 3. The van der Waals surface area contributed by atoms with Gasteiger partial charge in [-0.3, -0.25) is 5.32 Å². The third-order valence-corrected chi connectivity index (χ3v) is 3.76. The van der Waals surface area contributed by atoms with Gasteiger partial charge in [0, 0.05) is 6.54 Å². The fraction of sp³-hybridized carbons (Fsp3) is 0.333. The average Bonchev–Trinajstić information content (AvgIpc) is 2.48. The van der Waals surface area contributed by atoms with Gasteiger partial charge in [0.2, 0.25) is 0 Å². The molecule has 2 nitrogen and oxygen atoms in total. The molecule has 2 aromatic rings. The van der Waals surface area contributed by atoms with E-state index in [1.165, 1.54) is 19.1 Å². The molecular formula is C18H20F3NO. The molecular weight excluding hydrogens is 303 g/mol. The van der Waals surface area contributed by atoms with Crippen LogP contribution in [0.5, 0.6) is 0 Å². The van der Waals surface area contributed by atoms with Crippen LogP contribution in [0, 0.1) is 6.92 Å². The summed E-state index contributed by atoms with van der Waals surface area (Å²) in [7, 11) is 0. The Labute approximate surface area is 134 Å². The fourth-order valence-corrected chi connectivity index (χ4v) is 2.31. The van der Waals surface area contributed by atoms with Gasteiger partial charge in [0.1, 0.15) is 5.72 Å². The van der Waals surface area contributed by atoms with Gasteiger partial charge in [0.15, 0.2) is 0 Å². The van der Waals surface area contributed by atoms with Crippen LogP contribution >= 0.6 is 0 Å². The maximum atomic E-state index is 12.8. The fourth-order valence-electron chi connectivity index (χ4n) is 2.31. The third-order valence-electron chi connectivity index (χ3n) is 3.76. The van der Waals surface area contributed by atoms with E-state index in [-0.39, 0.29) is 5.56 Å². The van der Waals surface area contributed by atoms with Crippen molar-refractivity contribution in [3.05, 3.63) is 70.8 Å². The van der Waals surface area contributed by atoms with Gasteiger partial charge >= 0.3 is 6.18 Å². The van der Waals surface area contributed by atoms with E-state index in [1.54, 1.807) is 0 Å². The largest absolute Gasteiger partial charge is 0.416 e. The Morgan fingerprint density at radius 2 is 1.61 bits per heavy atom. The standard InChI is InChI=1S/C18H20F3NO/c1-13-6-8-14(9-7-13)10-11-22-17(2,23)15-4-3-5-16(12-15)18(19,20)21/h3-9,12,22-23H,10-11H2,1-2H3. The lowest BCUT2D eigenvalue weighted by molar-refractivity contribution is -0.137. The smallest absolute Gasteiger partial charge is 0.372 e. The molecule has 0 saturated heterocycles. The minimum Gasteiger partial charge on any atom is -0.372 e. The van der Waals surface area contributed by atoms with Crippen molar-refractivity contribution in [1.29, 1.82) is 0 Å². The minimum absolute atomic E-state index is 0.191. The molecule has 0 radical (unpaired) electrons. The van der Waals surface area contributed by atoms with Gasteiger partial charge in [-0.1, -0.05) is 42.0 Å². The summed E-state index contributed by atoms with van der Waals surface area (Å²) in [6.07, 6.45) is -3.75. The predicted octanol–water partition coefficient (Wildman–Crippen LogP) is 4.01. The highest BCUT2D eigenvalue weighted by Gasteiger charge is 2.32. The van der Waals surface area contributed by atoms with Crippen molar-refractivity contribution in [1.82, 2.24) is 5.32 Å². The Morgan fingerprint density at radius 3 is 2.22 bits per heavy atom. The highest BCUT2D eigenvalue weighted by atomic mass is 19.4. The van der Waals surface area contributed by atoms with Crippen LogP contribution in [0.15, 0.2) is 48.5 Å². The Morgan fingerprint density at radius 1 is 1.00 bits per heavy atom. The van der Waals surface area contributed by atoms with Gasteiger partial charge < -0.3 is 5.11 Å². The van der Waals surface area contributed by atoms with Crippen molar-refractivity contribution in [3.63, 3.8) is 0 Å². The first-order valence-corrected chi connectivity index (χ1v) is 7.39. The highest BCUT2D eigenvalue weighted by Crippen LogP contribution is 2.31. The molecule has 0 bridgehead atoms. The Kier molecular flexibility index (Phi) is 5.12. The lowest BCUT2D eigenvalue weighted by Gasteiger charge is -2.26. The second-order valence-electron chi connectivity index (χ2n) is 5.81. The number of aliphatic hydroxyl groups is 1. The molecule has 1 unspecified atom stereocenters. The first-order chi connectivity index (χ1) is 10.7. The van der Waals surface area contributed by atoms with E-state index in [0.717, 1.165) is 23.3 Å². The van der Waals surface area contributed by atoms with Crippen LogP contribution in [0.25, 0.3) is 0 Å². The number of rotatable bonds is 5. The van der Waals surface area contributed by atoms with Gasteiger partial charge in [-0.2, -0.15) is 13.2 Å². The molecule has 2 aromatic carbocycles. The maximum Gasteiger partial charge on any atom is 0.416 e. The summed E-state index contributed by atoms with van der Waals surface area (Å²) in [6.45, 7) is 3.91. The van der Waals surface area contributed by atoms with Gasteiger partial charge in [-0.05, 0) is 43.5 Å². The molecule has 0 heterocycles. The molecule has 0 amide bonds. The van der Waals surface area contributed by atoms with E-state index in [9.17, 15) is 18.3 Å². The number of hydrogen-bond donors (Lipinski definition) is 2. The Balaban J connectivity index is 2.02. The number of halogens is 3. The molecule has 0 aromatic heterocycles. The molecule has 1 atom stereocenters. The zero-order valence-electron chi connectivity index (χ0n) is 13.1. The molecule has 23 heavy (non-hydrogen) atoms. The van der Waals surface area contributed by atoms with Crippen LogP contribution in [0.4, 0.5) is 13.2 Å². The van der Waals surface area contributed by atoms with Crippen LogP contribution in [0.1, 0.15) is 29.2 Å². The van der Waals surface area contributed by atoms with Gasteiger partial charge in [0.25, 0.3) is 0 Å². The SMILES string of the molecule is Cc1ccc(CCNC(C)(O)c2cccc(C(F)(F)F)c2)cc1. The zero-order chi connectivity index (χ0) is 17.1. The van der Waals surface area contributed by atoms with Crippen LogP contribution < -0.4 is 5.32 Å². The Bertz CT molecular complexity index is 648. The van der Waals surface area contributed by atoms with E-state index in [0.29, 0.717) is 13.0 Å². The zero-order valence-corrected chi connectivity index (χ0v) is 13.1. The van der Waals surface area contributed by atoms with Crippen LogP contribution in [-0.2, 0) is 18.3 Å². The minimum atomic E-state index is -4.42. The topological polar surface area (TPSA) is 32.3 Å². The summed E-state index contributed by atoms with van der Waals surface area (Å²) >= 11 is 0. The lowest BCUT2D eigenvalue weighted by atomic mass is 10.0. The first kappa shape index (κ1) is 17.5. The van der Waals surface area contributed by atoms with E-state index in [4.69, 9.17) is 0 Å². The summed E-state index contributed by atoms with van der Waals surface area (Å²) in [5, 5.41) is 13.3. The second-order valence-corrected chi connectivity index (χ2v) is 5.81. The highest BCUT2D eigenvalue weighted by molar-refractivity contribution is 5.29. The molecule has 2 N–H and O–H groups in total. The molecule has 124 valence electrons. The van der Waals surface area contributed by atoms with Crippen molar-refractivity contribution in [2.45, 2.75) is 32.2 Å². The van der Waals surface area contributed by atoms with Gasteiger partial charge in [-0.25, -0.2) is 0 Å². The van der Waals surface area contributed by atoms with Gasteiger partial charge in [0.05, 0.1) is 5.56 Å². The first-order valence-electron chi connectivity index (χ1n) is 7.39. The van der Waals surface area contributed by atoms with Crippen molar-refractivity contribution < 1.29 is 18.3 Å². The average molecular weight is 323 g/mol. The summed E-state index contributed by atoms with van der Waals surface area (Å²) in [5.74, 6) is 0. The summed E-state index contributed by atoms with van der Waals surface area (Å²) in [6, 6.07) is 12.7. The van der Waals surface area contributed by atoms with E-state index < -0.39 is 17.5 Å². The van der Waals surface area contributed by atoms with E-state index >= 15 is 0 Å². The molecule has 0 aliphatic carbocycles. The Hall–Kier alpha value is -1.85. The van der Waals surface area contributed by atoms with Gasteiger partial charge in [-0.15, -0.1) is 0 Å². The van der Waals surface area contributed by atoms with E-state index in [2.05, 4.69) is 5.32 Å². The number of nitrogens with one attached hydrogen (secondary N) is 1. The van der Waals surface area contributed by atoms with Crippen molar-refractivity contribution in [3.8, 4) is 0 Å². The molecule has 0 spiro atoms. The van der Waals surface area contributed by atoms with E-state index in [1.807, 2.05) is 31.2 Å². The summed E-state index contributed by atoms with van der Waals surface area (Å²) < 4.78 is 38.3. The molecule has 0 saturated carbocycles. The summed E-state index contributed by atoms with van der Waals surface area (Å²) in [4.78, 5) is 0. The molecule has 0 fully saturated rings. The second kappa shape index (κ2) is 6.72. The molecule has 0 aliphatic rings. The number of aryl methyl sites for hydroxylation is 1. The third kappa shape index (κ3) is 4.81. The lowest BCUT2D eigenvalue weighted by Crippen LogP contribution is -2.40. The van der Waals surface area contributed by atoms with Crippen LogP contribution in [0.3, 0.4) is 0 Å². The predicted molar refractivity (Wildman–Crippen MR) is 83.9 cm³/mol. The molecule has 2 rings (SSSR count).